The number of nitrogens with zero attached hydrogens (tertiary/aromatic N) is 3. The number of fused-ring (bicyclic) bond motifs is 1. The van der Waals surface area contributed by atoms with Gasteiger partial charge in [-0.3, -0.25) is 9.69 Å². The summed E-state index contributed by atoms with van der Waals surface area (Å²) in [7, 11) is 1.66. The van der Waals surface area contributed by atoms with Gasteiger partial charge in [0.1, 0.15) is 0 Å². The fourth-order valence-electron chi connectivity index (χ4n) is 4.47. The number of rotatable bonds is 5. The molecule has 1 amide bonds. The highest BCUT2D eigenvalue weighted by Gasteiger charge is 2.42. The van der Waals surface area contributed by atoms with E-state index in [2.05, 4.69) is 16.0 Å². The molecule has 0 aliphatic carbocycles. The van der Waals surface area contributed by atoms with Crippen molar-refractivity contribution in [2.45, 2.75) is 44.4 Å². The Kier molecular flexibility index (Phi) is 4.90. The Morgan fingerprint density at radius 2 is 2.20 bits per heavy atom. The van der Waals surface area contributed by atoms with Crippen LogP contribution in [0.1, 0.15) is 31.2 Å². The molecule has 3 saturated heterocycles. The van der Waals surface area contributed by atoms with Gasteiger partial charge in [0.2, 0.25) is 11.8 Å². The van der Waals surface area contributed by atoms with Crippen molar-refractivity contribution >= 4 is 5.91 Å². The van der Waals surface area contributed by atoms with Gasteiger partial charge < -0.3 is 14.4 Å². The highest BCUT2D eigenvalue weighted by atomic mass is 16.5. The standard InChI is InChI=1S/C19H27N3O3/c1-24-19-14(5-4-6-20-19)11-21-12-15-9-16(25-17(15)13-21)10-18(23)22-7-2-3-8-22/h4-6,15-17H,2-3,7-13H2,1H3/t15-,16+,17+/m0/s1. The number of amides is 1. The monoisotopic (exact) mass is 345 g/mol. The van der Waals surface area contributed by atoms with Crippen LogP contribution in [0.15, 0.2) is 18.3 Å². The maximum Gasteiger partial charge on any atom is 0.225 e. The van der Waals surface area contributed by atoms with Gasteiger partial charge in [0, 0.05) is 50.4 Å². The fraction of sp³-hybridized carbons (Fsp3) is 0.684. The number of pyridine rings is 1. The Bertz CT molecular complexity index is 604. The van der Waals surface area contributed by atoms with Crippen molar-refractivity contribution in [2.24, 2.45) is 5.92 Å². The zero-order chi connectivity index (χ0) is 17.2. The molecule has 136 valence electrons. The lowest BCUT2D eigenvalue weighted by molar-refractivity contribution is -0.132. The first-order chi connectivity index (χ1) is 12.2. The van der Waals surface area contributed by atoms with Gasteiger partial charge in [-0.1, -0.05) is 6.07 Å². The number of ether oxygens (including phenoxy) is 2. The zero-order valence-corrected chi connectivity index (χ0v) is 14.9. The van der Waals surface area contributed by atoms with E-state index in [0.717, 1.165) is 57.5 Å². The van der Waals surface area contributed by atoms with Gasteiger partial charge in [0.15, 0.2) is 0 Å². The Hall–Kier alpha value is -1.66. The van der Waals surface area contributed by atoms with Crippen molar-refractivity contribution in [3.8, 4) is 5.88 Å². The zero-order valence-electron chi connectivity index (χ0n) is 14.9. The number of methoxy groups -OCH3 is 1. The molecule has 3 fully saturated rings. The van der Waals surface area contributed by atoms with Gasteiger partial charge in [-0.15, -0.1) is 0 Å². The van der Waals surface area contributed by atoms with Crippen LogP contribution in [0.25, 0.3) is 0 Å². The molecule has 25 heavy (non-hydrogen) atoms. The summed E-state index contributed by atoms with van der Waals surface area (Å²) in [6.45, 7) is 4.65. The molecule has 1 aromatic rings. The van der Waals surface area contributed by atoms with Gasteiger partial charge in [0.25, 0.3) is 0 Å². The minimum Gasteiger partial charge on any atom is -0.481 e. The molecule has 3 aliphatic rings. The average molecular weight is 345 g/mol. The van der Waals surface area contributed by atoms with E-state index in [4.69, 9.17) is 9.47 Å². The highest BCUT2D eigenvalue weighted by Crippen LogP contribution is 2.35. The van der Waals surface area contributed by atoms with Crippen molar-refractivity contribution in [1.29, 1.82) is 0 Å². The van der Waals surface area contributed by atoms with E-state index in [1.165, 1.54) is 0 Å². The SMILES string of the molecule is COc1ncccc1CN1C[C@@H]2C[C@H](CC(=O)N3CCCC3)O[C@@H]2C1. The fourth-order valence-corrected chi connectivity index (χ4v) is 4.47. The lowest BCUT2D eigenvalue weighted by atomic mass is 10.0. The third kappa shape index (κ3) is 3.65. The molecule has 0 N–H and O–H groups in total. The Labute approximate surface area is 149 Å². The van der Waals surface area contributed by atoms with Crippen molar-refractivity contribution in [1.82, 2.24) is 14.8 Å². The number of hydrogen-bond donors (Lipinski definition) is 0. The van der Waals surface area contributed by atoms with Gasteiger partial charge >= 0.3 is 0 Å². The van der Waals surface area contributed by atoms with Crippen LogP contribution in [0.3, 0.4) is 0 Å². The molecule has 4 rings (SSSR count). The first-order valence-electron chi connectivity index (χ1n) is 9.36. The van der Waals surface area contributed by atoms with Crippen LogP contribution in [0.5, 0.6) is 5.88 Å². The maximum atomic E-state index is 12.3. The Balaban J connectivity index is 1.28. The molecular weight excluding hydrogens is 318 g/mol. The van der Waals surface area contributed by atoms with Crippen LogP contribution < -0.4 is 4.74 Å². The second-order valence-electron chi connectivity index (χ2n) is 7.45. The molecule has 3 aliphatic heterocycles. The maximum absolute atomic E-state index is 12.3. The Morgan fingerprint density at radius 1 is 1.36 bits per heavy atom. The largest absolute Gasteiger partial charge is 0.481 e. The van der Waals surface area contributed by atoms with Crippen molar-refractivity contribution in [3.63, 3.8) is 0 Å². The van der Waals surface area contributed by atoms with Gasteiger partial charge in [-0.25, -0.2) is 4.98 Å². The van der Waals surface area contributed by atoms with Gasteiger partial charge in [-0.05, 0) is 25.3 Å². The second kappa shape index (κ2) is 7.30. The predicted octanol–water partition coefficient (Wildman–Crippen LogP) is 1.69. The van der Waals surface area contributed by atoms with Crippen LogP contribution in [0.4, 0.5) is 0 Å². The van der Waals surface area contributed by atoms with E-state index >= 15 is 0 Å². The summed E-state index contributed by atoms with van der Waals surface area (Å²) < 4.78 is 11.6. The smallest absolute Gasteiger partial charge is 0.225 e. The van der Waals surface area contributed by atoms with E-state index in [1.54, 1.807) is 13.3 Å². The van der Waals surface area contributed by atoms with Crippen LogP contribution >= 0.6 is 0 Å². The van der Waals surface area contributed by atoms with Crippen molar-refractivity contribution in [2.75, 3.05) is 33.3 Å². The first-order valence-corrected chi connectivity index (χ1v) is 9.36. The van der Waals surface area contributed by atoms with E-state index in [0.29, 0.717) is 18.2 Å². The third-order valence-corrected chi connectivity index (χ3v) is 5.69. The summed E-state index contributed by atoms with van der Waals surface area (Å²) in [5.41, 5.74) is 1.12. The normalized spacial score (nSPS) is 29.2. The quantitative estimate of drug-likeness (QED) is 0.813. The predicted molar refractivity (Wildman–Crippen MR) is 93.3 cm³/mol. The van der Waals surface area contributed by atoms with E-state index in [9.17, 15) is 4.79 Å². The number of carbonyl (C=O) groups is 1. The molecule has 6 nitrogen and oxygen atoms in total. The summed E-state index contributed by atoms with van der Waals surface area (Å²) >= 11 is 0. The minimum atomic E-state index is 0.109. The van der Waals surface area contributed by atoms with Crippen LogP contribution in [-0.4, -0.2) is 66.2 Å². The molecule has 0 spiro atoms. The average Bonchev–Trinajstić information content (AvgIpc) is 3.31. The third-order valence-electron chi connectivity index (χ3n) is 5.69. The first kappa shape index (κ1) is 16.8. The van der Waals surface area contributed by atoms with Crippen molar-refractivity contribution < 1.29 is 14.3 Å². The van der Waals surface area contributed by atoms with E-state index in [1.807, 2.05) is 11.0 Å². The number of carbonyl (C=O) groups excluding carboxylic acids is 1. The van der Waals surface area contributed by atoms with E-state index in [-0.39, 0.29) is 18.1 Å². The molecule has 0 saturated carbocycles. The molecule has 0 radical (unpaired) electrons. The number of likely N-dealkylation sites (tertiary alicyclic amines) is 2. The van der Waals surface area contributed by atoms with Crippen LogP contribution in [-0.2, 0) is 16.1 Å². The molecular formula is C19H27N3O3. The lowest BCUT2D eigenvalue weighted by Gasteiger charge is -2.21. The topological polar surface area (TPSA) is 54.9 Å². The molecule has 0 unspecified atom stereocenters. The van der Waals surface area contributed by atoms with Crippen LogP contribution in [0.2, 0.25) is 0 Å². The summed E-state index contributed by atoms with van der Waals surface area (Å²) in [5.74, 6) is 1.52. The van der Waals surface area contributed by atoms with Crippen LogP contribution in [0, 0.1) is 5.92 Å². The minimum absolute atomic E-state index is 0.109. The molecule has 3 atom stereocenters. The summed E-state index contributed by atoms with van der Waals surface area (Å²) in [5, 5.41) is 0. The second-order valence-corrected chi connectivity index (χ2v) is 7.45. The van der Waals surface area contributed by atoms with Gasteiger partial charge in [0.05, 0.1) is 25.7 Å². The summed E-state index contributed by atoms with van der Waals surface area (Å²) in [4.78, 5) is 21.0. The summed E-state index contributed by atoms with van der Waals surface area (Å²) in [6.07, 6.45) is 5.99. The Morgan fingerprint density at radius 3 is 2.96 bits per heavy atom. The van der Waals surface area contributed by atoms with Gasteiger partial charge in [-0.2, -0.15) is 0 Å². The molecule has 1 aromatic heterocycles. The van der Waals surface area contributed by atoms with Crippen molar-refractivity contribution in [3.05, 3.63) is 23.9 Å². The highest BCUT2D eigenvalue weighted by molar-refractivity contribution is 5.77. The number of hydrogen-bond acceptors (Lipinski definition) is 5. The molecule has 0 bridgehead atoms. The number of aromatic nitrogens is 1. The lowest BCUT2D eigenvalue weighted by Crippen LogP contribution is -2.32. The summed E-state index contributed by atoms with van der Waals surface area (Å²) in [6, 6.07) is 4.02. The molecule has 0 aromatic carbocycles. The molecule has 4 heterocycles. The van der Waals surface area contributed by atoms with E-state index < -0.39 is 0 Å². The molecule has 6 heteroatoms.